The predicted octanol–water partition coefficient (Wildman–Crippen LogP) is 4.33. The lowest BCUT2D eigenvalue weighted by molar-refractivity contribution is 0.101. The van der Waals surface area contributed by atoms with Crippen LogP contribution in [0.2, 0.25) is 0 Å². The molecule has 0 radical (unpaired) electrons. The summed E-state index contributed by atoms with van der Waals surface area (Å²) in [5.74, 6) is 0.581. The number of ketones is 1. The molecule has 0 atom stereocenters. The molecule has 0 bridgehead atoms. The van der Waals surface area contributed by atoms with Gasteiger partial charge < -0.3 is 10.6 Å². The first-order chi connectivity index (χ1) is 11.5. The molecule has 0 aliphatic carbocycles. The van der Waals surface area contributed by atoms with Crippen LogP contribution in [0.1, 0.15) is 23.7 Å². The van der Waals surface area contributed by atoms with E-state index in [0.29, 0.717) is 17.8 Å². The molecule has 0 unspecified atom stereocenters. The molecule has 24 heavy (non-hydrogen) atoms. The number of amides is 2. The number of hydrogen-bond donors (Lipinski definition) is 2. The largest absolute Gasteiger partial charge is 0.338 e. The van der Waals surface area contributed by atoms with E-state index in [-0.39, 0.29) is 17.6 Å². The van der Waals surface area contributed by atoms with Crippen LogP contribution in [0, 0.1) is 5.82 Å². The van der Waals surface area contributed by atoms with E-state index in [1.54, 1.807) is 48.2 Å². The van der Waals surface area contributed by atoms with Crippen LogP contribution in [0.3, 0.4) is 0 Å². The van der Waals surface area contributed by atoms with Crippen molar-refractivity contribution >= 4 is 29.3 Å². The molecule has 0 saturated carbocycles. The molecule has 0 fully saturated rings. The molecule has 2 N–H and O–H groups in total. The number of carbonyl (C=O) groups is 2. The van der Waals surface area contributed by atoms with E-state index in [1.165, 1.54) is 19.1 Å². The third-order valence-corrected chi connectivity index (χ3v) is 4.34. The van der Waals surface area contributed by atoms with Crippen molar-refractivity contribution in [2.45, 2.75) is 18.2 Å². The molecule has 2 amide bonds. The molecule has 6 heteroatoms. The SMILES string of the molecule is CC(=O)c1ccc(NC(=O)NCCCSc2ccc(F)cc2)cc1. The van der Waals surface area contributed by atoms with Gasteiger partial charge in [-0.15, -0.1) is 11.8 Å². The first kappa shape index (κ1) is 18.0. The highest BCUT2D eigenvalue weighted by molar-refractivity contribution is 7.99. The summed E-state index contributed by atoms with van der Waals surface area (Å²) in [6.07, 6.45) is 0.804. The molecule has 0 heterocycles. The Morgan fingerprint density at radius 1 is 1.04 bits per heavy atom. The van der Waals surface area contributed by atoms with Crippen molar-refractivity contribution in [2.24, 2.45) is 0 Å². The lowest BCUT2D eigenvalue weighted by atomic mass is 10.1. The highest BCUT2D eigenvalue weighted by Gasteiger charge is 2.03. The Hall–Kier alpha value is -2.34. The number of thioether (sulfide) groups is 1. The van der Waals surface area contributed by atoms with Crippen LogP contribution in [0.5, 0.6) is 0 Å². The minimum absolute atomic E-state index is 0.00958. The van der Waals surface area contributed by atoms with E-state index in [0.717, 1.165) is 17.1 Å². The Kier molecular flexibility index (Phi) is 6.81. The summed E-state index contributed by atoms with van der Waals surface area (Å²) in [5.41, 5.74) is 1.25. The monoisotopic (exact) mass is 346 g/mol. The fourth-order valence-corrected chi connectivity index (χ4v) is 2.81. The second-order valence-electron chi connectivity index (χ2n) is 5.17. The molecular weight excluding hydrogens is 327 g/mol. The molecule has 2 aromatic rings. The third kappa shape index (κ3) is 6.04. The fraction of sp³-hybridized carbons (Fsp3) is 0.222. The molecule has 0 spiro atoms. The summed E-state index contributed by atoms with van der Waals surface area (Å²) in [5, 5.41) is 5.49. The molecule has 4 nitrogen and oxygen atoms in total. The smallest absolute Gasteiger partial charge is 0.319 e. The minimum Gasteiger partial charge on any atom is -0.338 e. The van der Waals surface area contributed by atoms with Crippen molar-refractivity contribution in [3.05, 3.63) is 59.9 Å². The number of urea groups is 1. The van der Waals surface area contributed by atoms with Gasteiger partial charge in [0.25, 0.3) is 0 Å². The van der Waals surface area contributed by atoms with Crippen molar-refractivity contribution in [3.8, 4) is 0 Å². The van der Waals surface area contributed by atoms with E-state index in [1.807, 2.05) is 0 Å². The summed E-state index contributed by atoms with van der Waals surface area (Å²) < 4.78 is 12.8. The van der Waals surface area contributed by atoms with Crippen LogP contribution >= 0.6 is 11.8 Å². The lowest BCUT2D eigenvalue weighted by Gasteiger charge is -2.08. The number of hydrogen-bond acceptors (Lipinski definition) is 3. The van der Waals surface area contributed by atoms with Crippen LogP contribution in [0.15, 0.2) is 53.4 Å². The van der Waals surface area contributed by atoms with Crippen molar-refractivity contribution in [1.29, 1.82) is 0 Å². The van der Waals surface area contributed by atoms with Gasteiger partial charge >= 0.3 is 6.03 Å². The molecule has 0 saturated heterocycles. The Morgan fingerprint density at radius 2 is 1.71 bits per heavy atom. The van der Waals surface area contributed by atoms with Gasteiger partial charge in [-0.2, -0.15) is 0 Å². The minimum atomic E-state index is -0.280. The Morgan fingerprint density at radius 3 is 2.33 bits per heavy atom. The molecule has 2 rings (SSSR count). The van der Waals surface area contributed by atoms with Crippen LogP contribution in [-0.2, 0) is 0 Å². The molecule has 0 aliphatic heterocycles. The number of halogens is 1. The van der Waals surface area contributed by atoms with E-state index in [4.69, 9.17) is 0 Å². The highest BCUT2D eigenvalue weighted by atomic mass is 32.2. The van der Waals surface area contributed by atoms with Crippen molar-refractivity contribution in [3.63, 3.8) is 0 Å². The van der Waals surface area contributed by atoms with Gasteiger partial charge in [-0.1, -0.05) is 0 Å². The average molecular weight is 346 g/mol. The Labute approximate surface area is 144 Å². The molecular formula is C18H19FN2O2S. The van der Waals surface area contributed by atoms with Crippen LogP contribution in [0.25, 0.3) is 0 Å². The summed E-state index contributed by atoms with van der Waals surface area (Å²) in [7, 11) is 0. The third-order valence-electron chi connectivity index (χ3n) is 3.24. The van der Waals surface area contributed by atoms with Gasteiger partial charge in [0.05, 0.1) is 0 Å². The van der Waals surface area contributed by atoms with Gasteiger partial charge in [-0.05, 0) is 67.6 Å². The highest BCUT2D eigenvalue weighted by Crippen LogP contribution is 2.18. The van der Waals surface area contributed by atoms with Crippen LogP contribution in [0.4, 0.5) is 14.9 Å². The summed E-state index contributed by atoms with van der Waals surface area (Å²) in [6.45, 7) is 2.05. The van der Waals surface area contributed by atoms with Gasteiger partial charge in [-0.25, -0.2) is 9.18 Å². The summed E-state index contributed by atoms with van der Waals surface area (Å²) in [4.78, 5) is 24.0. The zero-order valence-corrected chi connectivity index (χ0v) is 14.2. The van der Waals surface area contributed by atoms with Crippen LogP contribution < -0.4 is 10.6 Å². The topological polar surface area (TPSA) is 58.2 Å². The molecule has 2 aromatic carbocycles. The van der Waals surface area contributed by atoms with Gasteiger partial charge in [0.2, 0.25) is 0 Å². The summed E-state index contributed by atoms with van der Waals surface area (Å²) in [6, 6.07) is 12.8. The standard InChI is InChI=1S/C18H19FN2O2S/c1-13(22)14-3-7-16(8-4-14)21-18(23)20-11-2-12-24-17-9-5-15(19)6-10-17/h3-10H,2,11-12H2,1H3,(H2,20,21,23). The number of anilines is 1. The van der Waals surface area contributed by atoms with Crippen molar-refractivity contribution < 1.29 is 14.0 Å². The number of Topliss-reactive ketones (excluding diaryl/α,β-unsaturated/α-hetero) is 1. The van der Waals surface area contributed by atoms with Gasteiger partial charge in [0.1, 0.15) is 5.82 Å². The molecule has 0 aromatic heterocycles. The normalized spacial score (nSPS) is 10.2. The van der Waals surface area contributed by atoms with Crippen LogP contribution in [-0.4, -0.2) is 24.1 Å². The van der Waals surface area contributed by atoms with E-state index >= 15 is 0 Å². The first-order valence-corrected chi connectivity index (χ1v) is 8.57. The maximum absolute atomic E-state index is 12.8. The number of rotatable bonds is 7. The first-order valence-electron chi connectivity index (χ1n) is 7.59. The number of benzene rings is 2. The zero-order valence-electron chi connectivity index (χ0n) is 13.3. The summed E-state index contributed by atoms with van der Waals surface area (Å²) >= 11 is 1.62. The molecule has 126 valence electrons. The van der Waals surface area contributed by atoms with Crippen molar-refractivity contribution in [1.82, 2.24) is 5.32 Å². The fourth-order valence-electron chi connectivity index (χ4n) is 1.96. The Bertz CT molecular complexity index is 687. The van der Waals surface area contributed by atoms with Crippen molar-refractivity contribution in [2.75, 3.05) is 17.6 Å². The number of nitrogens with one attached hydrogen (secondary N) is 2. The maximum atomic E-state index is 12.8. The Balaban J connectivity index is 1.64. The second kappa shape index (κ2) is 9.08. The second-order valence-corrected chi connectivity index (χ2v) is 6.34. The molecule has 0 aliphatic rings. The van der Waals surface area contributed by atoms with E-state index in [9.17, 15) is 14.0 Å². The zero-order chi connectivity index (χ0) is 17.4. The predicted molar refractivity (Wildman–Crippen MR) is 95.2 cm³/mol. The lowest BCUT2D eigenvalue weighted by Crippen LogP contribution is -2.29. The van der Waals surface area contributed by atoms with E-state index < -0.39 is 0 Å². The van der Waals surface area contributed by atoms with Gasteiger partial charge in [0, 0.05) is 22.7 Å². The average Bonchev–Trinajstić information content (AvgIpc) is 2.56. The quantitative estimate of drug-likeness (QED) is 0.446. The van der Waals surface area contributed by atoms with E-state index in [2.05, 4.69) is 10.6 Å². The van der Waals surface area contributed by atoms with Gasteiger partial charge in [-0.3, -0.25) is 4.79 Å². The maximum Gasteiger partial charge on any atom is 0.319 e. The van der Waals surface area contributed by atoms with Gasteiger partial charge in [0.15, 0.2) is 5.78 Å². The number of carbonyl (C=O) groups excluding carboxylic acids is 2.